The molecule has 5 nitrogen and oxygen atoms in total. The average Bonchev–Trinajstić information content (AvgIpc) is 2.61. The van der Waals surface area contributed by atoms with E-state index >= 15 is 0 Å². The summed E-state index contributed by atoms with van der Waals surface area (Å²) in [5.74, 6) is -0.597. The molecule has 0 heterocycles. The summed E-state index contributed by atoms with van der Waals surface area (Å²) in [7, 11) is 0. The monoisotopic (exact) mass is 366 g/mol. The van der Waals surface area contributed by atoms with Gasteiger partial charge in [-0.1, -0.05) is 26.0 Å². The number of rotatable bonds is 6. The van der Waals surface area contributed by atoms with Gasteiger partial charge in [-0.25, -0.2) is 0 Å². The Morgan fingerprint density at radius 3 is 2.46 bits per heavy atom. The third-order valence-corrected chi connectivity index (χ3v) is 6.25. The zero-order valence-electron chi connectivity index (χ0n) is 16.7. The third-order valence-electron chi connectivity index (χ3n) is 6.25. The number of aliphatic hydroxyl groups excluding tert-OH is 1. The molecule has 0 aromatic carbocycles. The van der Waals surface area contributed by atoms with Gasteiger partial charge in [0.05, 0.1) is 17.9 Å². The van der Waals surface area contributed by atoms with Crippen molar-refractivity contribution in [3.8, 4) is 0 Å². The Bertz CT molecular complexity index is 539. The summed E-state index contributed by atoms with van der Waals surface area (Å²) in [4.78, 5) is 25.4. The van der Waals surface area contributed by atoms with E-state index in [2.05, 4.69) is 12.2 Å². The molecule has 0 spiro atoms. The molecule has 0 aromatic rings. The van der Waals surface area contributed by atoms with E-state index in [0.29, 0.717) is 19.4 Å². The Balaban J connectivity index is 2.31. The second-order valence-corrected chi connectivity index (χ2v) is 8.46. The molecule has 0 unspecified atom stereocenters. The van der Waals surface area contributed by atoms with Gasteiger partial charge in [0.1, 0.15) is 6.10 Å². The van der Waals surface area contributed by atoms with Crippen LogP contribution in [0.5, 0.6) is 0 Å². The van der Waals surface area contributed by atoms with E-state index in [1.165, 1.54) is 0 Å². The maximum Gasteiger partial charge on any atom is 0.311 e. The Labute approximate surface area is 157 Å². The lowest BCUT2D eigenvalue weighted by Crippen LogP contribution is -2.50. The molecule has 0 amide bonds. The summed E-state index contributed by atoms with van der Waals surface area (Å²) in [6, 6.07) is 0. The van der Waals surface area contributed by atoms with E-state index in [4.69, 9.17) is 9.47 Å². The lowest BCUT2D eigenvalue weighted by molar-refractivity contribution is -0.176. The van der Waals surface area contributed by atoms with Crippen molar-refractivity contribution in [3.05, 3.63) is 12.2 Å². The van der Waals surface area contributed by atoms with Crippen LogP contribution >= 0.6 is 0 Å². The van der Waals surface area contributed by atoms with Crippen LogP contribution in [0.15, 0.2) is 12.2 Å². The van der Waals surface area contributed by atoms with Gasteiger partial charge in [0, 0.05) is 12.5 Å². The zero-order valence-corrected chi connectivity index (χ0v) is 16.7. The van der Waals surface area contributed by atoms with Gasteiger partial charge in [0.15, 0.2) is 0 Å². The minimum atomic E-state index is -0.558. The second-order valence-electron chi connectivity index (χ2n) is 8.46. The first kappa shape index (κ1) is 20.9. The molecule has 2 aliphatic rings. The van der Waals surface area contributed by atoms with Gasteiger partial charge in [-0.05, 0) is 57.8 Å². The number of hydrogen-bond donors (Lipinski definition) is 1. The smallest absolute Gasteiger partial charge is 0.311 e. The van der Waals surface area contributed by atoms with Gasteiger partial charge in [0.2, 0.25) is 0 Å². The third kappa shape index (κ3) is 4.30. The molecular weight excluding hydrogens is 332 g/mol. The molecule has 1 N–H and O–H groups in total. The maximum absolute atomic E-state index is 12.7. The molecule has 2 rings (SSSR count). The lowest BCUT2D eigenvalue weighted by Gasteiger charge is -2.46. The van der Waals surface area contributed by atoms with E-state index in [1.807, 2.05) is 34.6 Å². The van der Waals surface area contributed by atoms with Crippen molar-refractivity contribution in [2.45, 2.75) is 60.0 Å². The van der Waals surface area contributed by atoms with Crippen LogP contribution in [0.1, 0.15) is 53.9 Å². The topological polar surface area (TPSA) is 72.8 Å². The summed E-state index contributed by atoms with van der Waals surface area (Å²) in [6.07, 6.45) is 5.93. The zero-order chi connectivity index (χ0) is 19.5. The van der Waals surface area contributed by atoms with Crippen molar-refractivity contribution in [1.82, 2.24) is 0 Å². The van der Waals surface area contributed by atoms with Gasteiger partial charge >= 0.3 is 11.9 Å². The molecule has 0 bridgehead atoms. The first-order valence-electron chi connectivity index (χ1n) is 9.92. The van der Waals surface area contributed by atoms with Crippen molar-refractivity contribution in [3.63, 3.8) is 0 Å². The molecule has 0 aromatic heterocycles. The Hall–Kier alpha value is -1.36. The molecule has 0 aliphatic heterocycles. The van der Waals surface area contributed by atoms with E-state index in [-0.39, 0.29) is 54.2 Å². The number of ether oxygens (including phenoxy) is 2. The Morgan fingerprint density at radius 2 is 1.88 bits per heavy atom. The Morgan fingerprint density at radius 1 is 1.19 bits per heavy atom. The van der Waals surface area contributed by atoms with Gasteiger partial charge < -0.3 is 14.6 Å². The fraction of sp³-hybridized carbons (Fsp3) is 0.810. The fourth-order valence-electron chi connectivity index (χ4n) is 4.22. The lowest BCUT2D eigenvalue weighted by atomic mass is 9.61. The SMILES string of the molecule is CCOC(=O)[C@@H]1[C@H]2[C@@H](OC(=O)C(C)(C)CC)C[C@@H](CO)C[C@@H]2C=C[C@@H]1C. The molecule has 0 radical (unpaired) electrons. The van der Waals surface area contributed by atoms with Crippen LogP contribution < -0.4 is 0 Å². The first-order chi connectivity index (χ1) is 12.2. The minimum Gasteiger partial charge on any atom is -0.466 e. The molecule has 148 valence electrons. The second kappa shape index (κ2) is 8.55. The van der Waals surface area contributed by atoms with Crippen LogP contribution in [0, 0.1) is 35.0 Å². The minimum absolute atomic E-state index is 0.0429. The number of aliphatic hydroxyl groups is 1. The molecule has 0 saturated heterocycles. The fourth-order valence-corrected chi connectivity index (χ4v) is 4.22. The van der Waals surface area contributed by atoms with E-state index in [0.717, 1.165) is 6.42 Å². The molecule has 1 saturated carbocycles. The van der Waals surface area contributed by atoms with Gasteiger partial charge in [-0.15, -0.1) is 0 Å². The van der Waals surface area contributed by atoms with E-state index in [9.17, 15) is 14.7 Å². The van der Waals surface area contributed by atoms with E-state index in [1.54, 1.807) is 0 Å². The predicted molar refractivity (Wildman–Crippen MR) is 99.2 cm³/mol. The van der Waals surface area contributed by atoms with Gasteiger partial charge in [0.25, 0.3) is 0 Å². The number of carbonyl (C=O) groups is 2. The maximum atomic E-state index is 12.7. The standard InChI is InChI=1S/C21H34O5/c1-6-21(4,5)20(24)26-16-11-14(12-22)10-15-9-8-13(3)17(18(15)16)19(23)25-7-2/h8-9,13-18,22H,6-7,10-12H2,1-5H3/t13-,14-,15-,16-,17-,18+/m0/s1. The predicted octanol–water partition coefficient (Wildman–Crippen LogP) is 3.35. The highest BCUT2D eigenvalue weighted by Crippen LogP contribution is 2.47. The largest absolute Gasteiger partial charge is 0.466 e. The highest BCUT2D eigenvalue weighted by Gasteiger charge is 2.49. The summed E-state index contributed by atoms with van der Waals surface area (Å²) < 4.78 is 11.3. The highest BCUT2D eigenvalue weighted by molar-refractivity contribution is 5.76. The quantitative estimate of drug-likeness (QED) is 0.576. The average molecular weight is 366 g/mol. The van der Waals surface area contributed by atoms with Crippen LogP contribution in [0.3, 0.4) is 0 Å². The number of esters is 2. The summed E-state index contributed by atoms with van der Waals surface area (Å²) in [6.45, 7) is 9.96. The normalized spacial score (nSPS) is 34.1. The summed E-state index contributed by atoms with van der Waals surface area (Å²) in [5, 5.41) is 9.69. The first-order valence-corrected chi connectivity index (χ1v) is 9.92. The molecule has 26 heavy (non-hydrogen) atoms. The number of allylic oxidation sites excluding steroid dienone is 2. The molecular formula is C21H34O5. The van der Waals surface area contributed by atoms with Crippen molar-refractivity contribution < 1.29 is 24.2 Å². The Kier molecular flexibility index (Phi) is 6.89. The van der Waals surface area contributed by atoms with Crippen molar-refractivity contribution in [1.29, 1.82) is 0 Å². The summed E-state index contributed by atoms with van der Waals surface area (Å²) >= 11 is 0. The van der Waals surface area contributed by atoms with Crippen LogP contribution in [0.4, 0.5) is 0 Å². The number of carbonyl (C=O) groups excluding carboxylic acids is 2. The van der Waals surface area contributed by atoms with Gasteiger partial charge in [-0.2, -0.15) is 0 Å². The van der Waals surface area contributed by atoms with E-state index < -0.39 is 5.41 Å². The molecule has 6 atom stereocenters. The van der Waals surface area contributed by atoms with Crippen LogP contribution in [-0.2, 0) is 19.1 Å². The van der Waals surface area contributed by atoms with Crippen molar-refractivity contribution >= 4 is 11.9 Å². The molecule has 5 heteroatoms. The highest BCUT2D eigenvalue weighted by atomic mass is 16.5. The molecule has 2 aliphatic carbocycles. The van der Waals surface area contributed by atoms with Crippen LogP contribution in [-0.4, -0.2) is 36.4 Å². The van der Waals surface area contributed by atoms with Crippen molar-refractivity contribution in [2.24, 2.45) is 35.0 Å². The number of fused-ring (bicyclic) bond motifs is 1. The van der Waals surface area contributed by atoms with Crippen LogP contribution in [0.25, 0.3) is 0 Å². The molecule has 1 fully saturated rings. The van der Waals surface area contributed by atoms with Gasteiger partial charge in [-0.3, -0.25) is 9.59 Å². The summed E-state index contributed by atoms with van der Waals surface area (Å²) in [5.41, 5.74) is -0.558. The van der Waals surface area contributed by atoms with Crippen molar-refractivity contribution in [2.75, 3.05) is 13.2 Å². The van der Waals surface area contributed by atoms with Crippen LogP contribution in [0.2, 0.25) is 0 Å². The number of hydrogen-bond acceptors (Lipinski definition) is 5.